The lowest BCUT2D eigenvalue weighted by Gasteiger charge is -2.18. The summed E-state index contributed by atoms with van der Waals surface area (Å²) in [5, 5.41) is 0. The van der Waals surface area contributed by atoms with Gasteiger partial charge in [0.2, 0.25) is 0 Å². The Labute approximate surface area is 348 Å². The number of rotatable bonds is 45. The normalized spacial score (nSPS) is 11.9. The number of unbranched alkanes of at least 4 members (excludes halogenated alkanes) is 32. The summed E-state index contributed by atoms with van der Waals surface area (Å²) in [6, 6.07) is 0. The molecule has 0 aliphatic heterocycles. The van der Waals surface area contributed by atoms with E-state index in [4.69, 9.17) is 14.2 Å². The Morgan fingerprint density at radius 3 is 0.875 bits per heavy atom. The van der Waals surface area contributed by atoms with E-state index in [2.05, 4.69) is 27.7 Å². The van der Waals surface area contributed by atoms with Crippen molar-refractivity contribution in [2.24, 2.45) is 5.92 Å². The number of carbonyl (C=O) groups is 3. The van der Waals surface area contributed by atoms with E-state index >= 15 is 0 Å². The number of carbonyl (C=O) groups excluding carboxylic acids is 3. The van der Waals surface area contributed by atoms with Crippen LogP contribution < -0.4 is 0 Å². The van der Waals surface area contributed by atoms with Crippen molar-refractivity contribution in [3.8, 4) is 0 Å². The summed E-state index contributed by atoms with van der Waals surface area (Å²) in [4.78, 5) is 37.8. The highest BCUT2D eigenvalue weighted by molar-refractivity contribution is 5.71. The van der Waals surface area contributed by atoms with Crippen LogP contribution in [0, 0.1) is 5.92 Å². The van der Waals surface area contributed by atoms with Gasteiger partial charge in [-0.15, -0.1) is 0 Å². The second-order valence-corrected chi connectivity index (χ2v) is 17.6. The molecule has 0 radical (unpaired) electrons. The maximum Gasteiger partial charge on any atom is 0.306 e. The SMILES string of the molecule is CCCCCCCCCCCCCCCCCCCC(=O)OC[C@@H](COC(=O)CCCCCCCCCCC)OC(=O)CCCCCCCCCCCC(C)C. The van der Waals surface area contributed by atoms with Crippen LogP contribution in [0.4, 0.5) is 0 Å². The molecule has 0 aromatic heterocycles. The lowest BCUT2D eigenvalue weighted by Crippen LogP contribution is -2.30. The van der Waals surface area contributed by atoms with Crippen LogP contribution in [0.5, 0.6) is 0 Å². The molecule has 0 aliphatic carbocycles. The van der Waals surface area contributed by atoms with Gasteiger partial charge in [-0.1, -0.05) is 240 Å². The molecule has 332 valence electrons. The Balaban J connectivity index is 4.25. The smallest absolute Gasteiger partial charge is 0.306 e. The molecule has 0 N–H and O–H groups in total. The quantitative estimate of drug-likeness (QED) is 0.0347. The van der Waals surface area contributed by atoms with Crippen molar-refractivity contribution in [1.29, 1.82) is 0 Å². The maximum absolute atomic E-state index is 12.7. The lowest BCUT2D eigenvalue weighted by atomic mass is 10.0. The molecule has 0 saturated carbocycles. The minimum atomic E-state index is -0.759. The van der Waals surface area contributed by atoms with Gasteiger partial charge in [0.15, 0.2) is 6.10 Å². The Kier molecular flexibility index (Phi) is 43.2. The monoisotopic (exact) mass is 793 g/mol. The molecule has 0 rings (SSSR count). The highest BCUT2D eigenvalue weighted by Gasteiger charge is 2.19. The average Bonchev–Trinajstić information content (AvgIpc) is 3.18. The van der Waals surface area contributed by atoms with Crippen LogP contribution in [0.1, 0.15) is 278 Å². The first-order chi connectivity index (χ1) is 27.4. The summed E-state index contributed by atoms with van der Waals surface area (Å²) in [5.74, 6) is -0.0456. The average molecular weight is 793 g/mol. The van der Waals surface area contributed by atoms with Crippen LogP contribution in [-0.4, -0.2) is 37.2 Å². The minimum Gasteiger partial charge on any atom is -0.462 e. The number of ether oxygens (including phenoxy) is 3. The van der Waals surface area contributed by atoms with Crippen molar-refractivity contribution in [2.45, 2.75) is 284 Å². The van der Waals surface area contributed by atoms with E-state index in [-0.39, 0.29) is 31.1 Å². The van der Waals surface area contributed by atoms with Gasteiger partial charge in [0.25, 0.3) is 0 Å². The van der Waals surface area contributed by atoms with Crippen molar-refractivity contribution < 1.29 is 28.6 Å². The van der Waals surface area contributed by atoms with Gasteiger partial charge in [0.1, 0.15) is 13.2 Å². The summed E-state index contributed by atoms with van der Waals surface area (Å²) < 4.78 is 16.7. The highest BCUT2D eigenvalue weighted by Crippen LogP contribution is 2.17. The number of hydrogen-bond donors (Lipinski definition) is 0. The molecule has 0 aromatic rings. The van der Waals surface area contributed by atoms with Gasteiger partial charge in [-0.05, 0) is 25.2 Å². The van der Waals surface area contributed by atoms with Crippen LogP contribution in [0.3, 0.4) is 0 Å². The fourth-order valence-corrected chi connectivity index (χ4v) is 7.51. The number of hydrogen-bond acceptors (Lipinski definition) is 6. The summed E-state index contributed by atoms with van der Waals surface area (Å²) in [7, 11) is 0. The molecule has 0 amide bonds. The van der Waals surface area contributed by atoms with E-state index in [1.54, 1.807) is 0 Å². The fourth-order valence-electron chi connectivity index (χ4n) is 7.51. The van der Waals surface area contributed by atoms with Gasteiger partial charge in [0, 0.05) is 19.3 Å². The Morgan fingerprint density at radius 1 is 0.339 bits per heavy atom. The molecule has 0 unspecified atom stereocenters. The molecular weight excluding hydrogens is 697 g/mol. The predicted octanol–water partition coefficient (Wildman–Crippen LogP) is 15.9. The van der Waals surface area contributed by atoms with Crippen molar-refractivity contribution in [2.75, 3.05) is 13.2 Å². The first-order valence-electron chi connectivity index (χ1n) is 24.9. The zero-order chi connectivity index (χ0) is 41.0. The molecule has 0 saturated heterocycles. The van der Waals surface area contributed by atoms with Gasteiger partial charge >= 0.3 is 17.9 Å². The summed E-state index contributed by atoms with van der Waals surface area (Å²) in [6.07, 6.45) is 45.2. The van der Waals surface area contributed by atoms with E-state index in [9.17, 15) is 14.4 Å². The summed E-state index contributed by atoms with van der Waals surface area (Å²) in [6.45, 7) is 8.98. The topological polar surface area (TPSA) is 78.9 Å². The summed E-state index contributed by atoms with van der Waals surface area (Å²) >= 11 is 0. The Hall–Kier alpha value is -1.59. The van der Waals surface area contributed by atoms with E-state index in [0.717, 1.165) is 63.7 Å². The predicted molar refractivity (Wildman–Crippen MR) is 238 cm³/mol. The van der Waals surface area contributed by atoms with Crippen LogP contribution in [-0.2, 0) is 28.6 Å². The largest absolute Gasteiger partial charge is 0.462 e. The second kappa shape index (κ2) is 44.5. The van der Waals surface area contributed by atoms with E-state index < -0.39 is 6.10 Å². The second-order valence-electron chi connectivity index (χ2n) is 17.6. The molecule has 0 aliphatic rings. The molecule has 1 atom stereocenters. The van der Waals surface area contributed by atoms with Gasteiger partial charge in [-0.2, -0.15) is 0 Å². The summed E-state index contributed by atoms with van der Waals surface area (Å²) in [5.41, 5.74) is 0. The third kappa shape index (κ3) is 43.5. The molecule has 6 nitrogen and oxygen atoms in total. The standard InChI is InChI=1S/C50H96O6/c1-5-7-9-11-13-15-16-17-18-19-20-21-22-26-30-34-38-42-49(52)55-45-47(44-54-48(51)41-37-33-29-24-14-12-10-8-6-2)56-50(53)43-39-35-31-27-23-25-28-32-36-40-46(3)4/h46-47H,5-45H2,1-4H3/t47-/m1/s1. The lowest BCUT2D eigenvalue weighted by molar-refractivity contribution is -0.167. The first-order valence-corrected chi connectivity index (χ1v) is 24.9. The van der Waals surface area contributed by atoms with Crippen molar-refractivity contribution in [1.82, 2.24) is 0 Å². The highest BCUT2D eigenvalue weighted by atomic mass is 16.6. The molecule has 0 bridgehead atoms. The zero-order valence-electron chi connectivity index (χ0n) is 38.1. The first kappa shape index (κ1) is 54.4. The molecule has 0 aromatic carbocycles. The molecule has 0 fully saturated rings. The molecule has 0 heterocycles. The molecule has 6 heteroatoms. The molecular formula is C50H96O6. The molecule has 0 spiro atoms. The van der Waals surface area contributed by atoms with Crippen LogP contribution in [0.2, 0.25) is 0 Å². The van der Waals surface area contributed by atoms with Gasteiger partial charge in [-0.3, -0.25) is 14.4 Å². The third-order valence-electron chi connectivity index (χ3n) is 11.3. The Bertz CT molecular complexity index is 841. The van der Waals surface area contributed by atoms with E-state index in [0.29, 0.717) is 19.3 Å². The van der Waals surface area contributed by atoms with Gasteiger partial charge in [-0.25, -0.2) is 0 Å². The fraction of sp³-hybridized carbons (Fsp3) is 0.940. The van der Waals surface area contributed by atoms with Crippen LogP contribution in [0.25, 0.3) is 0 Å². The van der Waals surface area contributed by atoms with Gasteiger partial charge < -0.3 is 14.2 Å². The zero-order valence-corrected chi connectivity index (χ0v) is 38.1. The van der Waals surface area contributed by atoms with E-state index in [1.165, 1.54) is 173 Å². The van der Waals surface area contributed by atoms with Crippen molar-refractivity contribution >= 4 is 17.9 Å². The van der Waals surface area contributed by atoms with Gasteiger partial charge in [0.05, 0.1) is 0 Å². The maximum atomic E-state index is 12.7. The minimum absolute atomic E-state index is 0.0635. The van der Waals surface area contributed by atoms with Crippen molar-refractivity contribution in [3.63, 3.8) is 0 Å². The van der Waals surface area contributed by atoms with E-state index in [1.807, 2.05) is 0 Å². The van der Waals surface area contributed by atoms with Crippen LogP contribution >= 0.6 is 0 Å². The molecule has 56 heavy (non-hydrogen) atoms. The number of esters is 3. The third-order valence-corrected chi connectivity index (χ3v) is 11.3. The van der Waals surface area contributed by atoms with Crippen LogP contribution in [0.15, 0.2) is 0 Å². The van der Waals surface area contributed by atoms with Crippen molar-refractivity contribution in [3.05, 3.63) is 0 Å². The Morgan fingerprint density at radius 2 is 0.589 bits per heavy atom.